The maximum Gasteiger partial charge on any atom is 0.389 e. The summed E-state index contributed by atoms with van der Waals surface area (Å²) in [5.74, 6) is 1.31. The summed E-state index contributed by atoms with van der Waals surface area (Å²) in [6.07, 6.45) is -3.25. The second-order valence-corrected chi connectivity index (χ2v) is 4.86. The molecule has 0 aromatic carbocycles. The maximum absolute atomic E-state index is 12.1. The molecule has 1 aliphatic rings. The lowest BCUT2D eigenvalue weighted by Crippen LogP contribution is -2.36. The van der Waals surface area contributed by atoms with E-state index < -0.39 is 12.6 Å². The number of alkyl halides is 3. The van der Waals surface area contributed by atoms with E-state index in [9.17, 15) is 13.2 Å². The minimum absolute atomic E-state index is 0.157. The summed E-state index contributed by atoms with van der Waals surface area (Å²) < 4.78 is 36.3. The molecule has 0 spiro atoms. The van der Waals surface area contributed by atoms with Gasteiger partial charge in [0.25, 0.3) is 0 Å². The highest BCUT2D eigenvalue weighted by Gasteiger charge is 2.27. The van der Waals surface area contributed by atoms with Gasteiger partial charge < -0.3 is 10.6 Å². The zero-order chi connectivity index (χ0) is 13.9. The minimum Gasteiger partial charge on any atom is -0.340 e. The second-order valence-electron chi connectivity index (χ2n) is 4.86. The molecule has 108 valence electrons. The Kier molecular flexibility index (Phi) is 4.28. The molecule has 1 saturated heterocycles. The number of piperidine rings is 1. The number of nitrogens with zero attached hydrogens (tertiary/aromatic N) is 3. The van der Waals surface area contributed by atoms with Crippen LogP contribution in [0.15, 0.2) is 0 Å². The van der Waals surface area contributed by atoms with Crippen LogP contribution in [0.5, 0.6) is 0 Å². The van der Waals surface area contributed by atoms with E-state index in [1.807, 2.05) is 4.90 Å². The molecule has 0 atom stereocenters. The van der Waals surface area contributed by atoms with Crippen molar-refractivity contribution in [1.82, 2.24) is 15.2 Å². The van der Waals surface area contributed by atoms with Crippen LogP contribution in [0.1, 0.15) is 25.1 Å². The van der Waals surface area contributed by atoms with Gasteiger partial charge in [0, 0.05) is 19.5 Å². The molecule has 2 rings (SSSR count). The van der Waals surface area contributed by atoms with Crippen LogP contribution in [0, 0.1) is 5.92 Å². The van der Waals surface area contributed by atoms with Crippen molar-refractivity contribution in [2.24, 2.45) is 11.7 Å². The van der Waals surface area contributed by atoms with E-state index in [4.69, 9.17) is 5.73 Å². The first-order chi connectivity index (χ1) is 8.98. The molecular weight excluding hydrogens is 259 g/mol. The summed E-state index contributed by atoms with van der Waals surface area (Å²) in [5, 5.41) is 6.56. The van der Waals surface area contributed by atoms with Crippen LogP contribution >= 0.6 is 0 Å². The molecule has 1 fully saturated rings. The summed E-state index contributed by atoms with van der Waals surface area (Å²) in [6.45, 7) is 2.29. The molecule has 0 saturated carbocycles. The fourth-order valence-corrected chi connectivity index (χ4v) is 2.17. The normalized spacial score (nSPS) is 18.0. The highest BCUT2D eigenvalue weighted by molar-refractivity contribution is 5.29. The van der Waals surface area contributed by atoms with Gasteiger partial charge in [-0.2, -0.15) is 18.2 Å². The van der Waals surface area contributed by atoms with Gasteiger partial charge in [-0.3, -0.25) is 5.10 Å². The predicted molar refractivity (Wildman–Crippen MR) is 64.8 cm³/mol. The molecule has 0 aliphatic carbocycles. The number of nitrogens with one attached hydrogen (secondary N) is 1. The monoisotopic (exact) mass is 277 g/mol. The number of anilines is 1. The topological polar surface area (TPSA) is 70.8 Å². The Hall–Kier alpha value is -1.31. The van der Waals surface area contributed by atoms with Crippen molar-refractivity contribution in [1.29, 1.82) is 0 Å². The third kappa shape index (κ3) is 4.09. The lowest BCUT2D eigenvalue weighted by atomic mass is 9.97. The first-order valence-corrected chi connectivity index (χ1v) is 6.41. The van der Waals surface area contributed by atoms with Crippen molar-refractivity contribution < 1.29 is 13.2 Å². The molecule has 0 bridgehead atoms. The average Bonchev–Trinajstić information content (AvgIpc) is 2.84. The van der Waals surface area contributed by atoms with E-state index in [-0.39, 0.29) is 12.2 Å². The minimum atomic E-state index is -4.16. The van der Waals surface area contributed by atoms with Gasteiger partial charge in [-0.15, -0.1) is 5.10 Å². The van der Waals surface area contributed by atoms with Crippen LogP contribution in [0.25, 0.3) is 0 Å². The fourth-order valence-electron chi connectivity index (χ4n) is 2.17. The third-order valence-electron chi connectivity index (χ3n) is 3.40. The second kappa shape index (κ2) is 5.77. The molecule has 19 heavy (non-hydrogen) atoms. The number of aromatic amines is 1. The molecular formula is C11H18F3N5. The largest absolute Gasteiger partial charge is 0.389 e. The van der Waals surface area contributed by atoms with Gasteiger partial charge >= 0.3 is 6.18 Å². The number of rotatable bonds is 4. The van der Waals surface area contributed by atoms with Crippen LogP contribution in [0.2, 0.25) is 0 Å². The Bertz CT molecular complexity index is 395. The molecule has 1 aromatic heterocycles. The van der Waals surface area contributed by atoms with Crippen LogP contribution < -0.4 is 10.6 Å². The van der Waals surface area contributed by atoms with E-state index in [1.165, 1.54) is 0 Å². The van der Waals surface area contributed by atoms with Gasteiger partial charge in [0.05, 0.1) is 6.42 Å². The number of nitrogens with two attached hydrogens (primary N) is 1. The van der Waals surface area contributed by atoms with Crippen LogP contribution in [-0.4, -0.2) is 41.0 Å². The Morgan fingerprint density at radius 1 is 1.32 bits per heavy atom. The first kappa shape index (κ1) is 14.1. The van der Waals surface area contributed by atoms with Gasteiger partial charge in [-0.1, -0.05) is 0 Å². The van der Waals surface area contributed by atoms with Crippen molar-refractivity contribution >= 4 is 5.95 Å². The Balaban J connectivity index is 1.87. The van der Waals surface area contributed by atoms with Gasteiger partial charge in [0.1, 0.15) is 5.82 Å². The fraction of sp³-hybridized carbons (Fsp3) is 0.818. The van der Waals surface area contributed by atoms with Crippen LogP contribution in [-0.2, 0) is 6.42 Å². The van der Waals surface area contributed by atoms with Crippen molar-refractivity contribution in [3.05, 3.63) is 5.82 Å². The highest BCUT2D eigenvalue weighted by atomic mass is 19.4. The third-order valence-corrected chi connectivity index (χ3v) is 3.40. The molecule has 0 radical (unpaired) electrons. The summed E-state index contributed by atoms with van der Waals surface area (Å²) in [4.78, 5) is 6.10. The smallest absolute Gasteiger partial charge is 0.340 e. The van der Waals surface area contributed by atoms with Gasteiger partial charge in [0.2, 0.25) is 5.95 Å². The average molecular weight is 277 g/mol. The van der Waals surface area contributed by atoms with Crippen LogP contribution in [0.3, 0.4) is 0 Å². The number of aryl methyl sites for hydroxylation is 1. The summed E-state index contributed by atoms with van der Waals surface area (Å²) in [5.41, 5.74) is 5.61. The molecule has 1 aromatic rings. The molecule has 2 heterocycles. The Labute approximate surface area is 109 Å². The molecule has 0 amide bonds. The van der Waals surface area contributed by atoms with Crippen molar-refractivity contribution in [3.8, 4) is 0 Å². The van der Waals surface area contributed by atoms with Gasteiger partial charge in [-0.05, 0) is 25.3 Å². The standard InChI is InChI=1S/C11H18F3N5/c12-11(13,14)4-1-9-16-10(18-17-9)19-5-2-8(7-15)3-6-19/h8H,1-7,15H2,(H,16,17,18). The van der Waals surface area contributed by atoms with E-state index in [2.05, 4.69) is 15.2 Å². The number of H-pyrrole nitrogens is 1. The highest BCUT2D eigenvalue weighted by Crippen LogP contribution is 2.23. The lowest BCUT2D eigenvalue weighted by Gasteiger charge is -2.30. The van der Waals surface area contributed by atoms with Gasteiger partial charge in [0.15, 0.2) is 0 Å². The van der Waals surface area contributed by atoms with E-state index >= 15 is 0 Å². The lowest BCUT2D eigenvalue weighted by molar-refractivity contribution is -0.134. The Morgan fingerprint density at radius 2 is 2.00 bits per heavy atom. The van der Waals surface area contributed by atoms with Crippen molar-refractivity contribution in [3.63, 3.8) is 0 Å². The number of hydrogen-bond acceptors (Lipinski definition) is 4. The zero-order valence-corrected chi connectivity index (χ0v) is 10.6. The van der Waals surface area contributed by atoms with Crippen molar-refractivity contribution in [2.45, 2.75) is 31.9 Å². The number of hydrogen-bond donors (Lipinski definition) is 2. The first-order valence-electron chi connectivity index (χ1n) is 6.41. The summed E-state index contributed by atoms with van der Waals surface area (Å²) in [7, 11) is 0. The molecule has 0 unspecified atom stereocenters. The van der Waals surface area contributed by atoms with Crippen molar-refractivity contribution in [2.75, 3.05) is 24.5 Å². The maximum atomic E-state index is 12.1. The predicted octanol–water partition coefficient (Wildman–Crippen LogP) is 1.47. The van der Waals surface area contributed by atoms with Crippen LogP contribution in [0.4, 0.5) is 19.1 Å². The Morgan fingerprint density at radius 3 is 2.58 bits per heavy atom. The molecule has 5 nitrogen and oxygen atoms in total. The van der Waals surface area contributed by atoms with E-state index in [0.717, 1.165) is 25.9 Å². The van der Waals surface area contributed by atoms with Gasteiger partial charge in [-0.25, -0.2) is 0 Å². The molecule has 8 heteroatoms. The quantitative estimate of drug-likeness (QED) is 0.874. The molecule has 1 aliphatic heterocycles. The SMILES string of the molecule is NCC1CCN(c2n[nH]c(CCC(F)(F)F)n2)CC1. The molecule has 3 N–H and O–H groups in total. The number of aromatic nitrogens is 3. The zero-order valence-electron chi connectivity index (χ0n) is 10.6. The number of halogens is 3. The summed E-state index contributed by atoms with van der Waals surface area (Å²) >= 11 is 0. The summed E-state index contributed by atoms with van der Waals surface area (Å²) in [6, 6.07) is 0. The van der Waals surface area contributed by atoms with E-state index in [0.29, 0.717) is 18.4 Å². The van der Waals surface area contributed by atoms with E-state index in [1.54, 1.807) is 0 Å².